The zero-order valence-corrected chi connectivity index (χ0v) is 25.4. The largest absolute Gasteiger partial charge is 0.507 e. The van der Waals surface area contributed by atoms with Gasteiger partial charge in [0.15, 0.2) is 0 Å². The maximum atomic E-state index is 12.0. The Hall–Kier alpha value is -2.04. The maximum absolute atomic E-state index is 12.0. The first-order valence-electron chi connectivity index (χ1n) is 16.2. The quantitative estimate of drug-likeness (QED) is 0.214. The Labute approximate surface area is 242 Å². The fourth-order valence-corrected chi connectivity index (χ4v) is 7.71. The second-order valence-electron chi connectivity index (χ2n) is 13.4. The van der Waals surface area contributed by atoms with E-state index in [9.17, 15) is 20.4 Å². The van der Waals surface area contributed by atoms with Crippen molar-refractivity contribution < 1.29 is 20.4 Å². The summed E-state index contributed by atoms with van der Waals surface area (Å²) < 4.78 is 0. The average molecular weight is 551 g/mol. The topological polar surface area (TPSA) is 80.9 Å². The summed E-state index contributed by atoms with van der Waals surface area (Å²) in [6, 6.07) is 8.72. The first-order chi connectivity index (χ1) is 19.3. The molecule has 0 aromatic heterocycles. The molecule has 0 radical (unpaired) electrons. The summed E-state index contributed by atoms with van der Waals surface area (Å²) in [5.41, 5.74) is 6.16. The highest BCUT2D eigenvalue weighted by Crippen LogP contribution is 2.51. The van der Waals surface area contributed by atoms with Crippen LogP contribution in [0.4, 0.5) is 0 Å². The highest BCUT2D eigenvalue weighted by molar-refractivity contribution is 5.57. The van der Waals surface area contributed by atoms with E-state index in [2.05, 4.69) is 45.0 Å². The molecule has 2 aromatic carbocycles. The number of phenols is 2. The fraction of sp³-hybridized carbons (Fsp3) is 0.667. The molecule has 2 aliphatic carbocycles. The molecule has 4 nitrogen and oxygen atoms in total. The molecule has 2 aromatic rings. The van der Waals surface area contributed by atoms with Crippen LogP contribution in [0, 0.1) is 0 Å². The molecule has 0 aliphatic heterocycles. The van der Waals surface area contributed by atoms with Crippen molar-refractivity contribution in [1.82, 2.24) is 0 Å². The van der Waals surface area contributed by atoms with E-state index in [1.165, 1.54) is 49.7 Å². The molecule has 4 N–H and O–H groups in total. The van der Waals surface area contributed by atoms with Gasteiger partial charge in [0, 0.05) is 41.4 Å². The molecule has 2 aliphatic rings. The van der Waals surface area contributed by atoms with Crippen molar-refractivity contribution in [1.29, 1.82) is 0 Å². The Morgan fingerprint density at radius 1 is 0.650 bits per heavy atom. The standard InChI is InChI=1S/C36H54O4/c1-4-13-28(29-22-26(14-11-20-37)24-31(33(29)39)35(2)16-7-5-8-17-35)30-23-27(15-12-21-38)25-32(34(30)40)36(3)18-9-6-10-19-36/h22-25,28,37-40H,4-21H2,1-3H3. The fourth-order valence-electron chi connectivity index (χ4n) is 7.71. The Balaban J connectivity index is 1.90. The van der Waals surface area contributed by atoms with Crippen LogP contribution >= 0.6 is 0 Å². The van der Waals surface area contributed by atoms with Crippen LogP contribution in [0.5, 0.6) is 11.5 Å². The minimum absolute atomic E-state index is 0.0607. The zero-order valence-electron chi connectivity index (χ0n) is 25.4. The van der Waals surface area contributed by atoms with E-state index >= 15 is 0 Å². The molecule has 0 unspecified atom stereocenters. The van der Waals surface area contributed by atoms with Crippen molar-refractivity contribution >= 4 is 0 Å². The van der Waals surface area contributed by atoms with Crippen LogP contribution in [0.15, 0.2) is 24.3 Å². The molecule has 0 atom stereocenters. The van der Waals surface area contributed by atoms with Gasteiger partial charge < -0.3 is 20.4 Å². The summed E-state index contributed by atoms with van der Waals surface area (Å²) in [7, 11) is 0. The predicted molar refractivity (Wildman–Crippen MR) is 165 cm³/mol. The van der Waals surface area contributed by atoms with Gasteiger partial charge in [0.1, 0.15) is 11.5 Å². The van der Waals surface area contributed by atoms with Gasteiger partial charge in [-0.15, -0.1) is 0 Å². The first-order valence-corrected chi connectivity index (χ1v) is 16.2. The minimum Gasteiger partial charge on any atom is -0.507 e. The lowest BCUT2D eigenvalue weighted by Gasteiger charge is -2.37. The molecule has 2 fully saturated rings. The van der Waals surface area contributed by atoms with E-state index in [4.69, 9.17) is 0 Å². The van der Waals surface area contributed by atoms with E-state index in [1.807, 2.05) is 0 Å². The Morgan fingerprint density at radius 2 is 1.05 bits per heavy atom. The van der Waals surface area contributed by atoms with Gasteiger partial charge in [0.2, 0.25) is 0 Å². The van der Waals surface area contributed by atoms with E-state index in [0.717, 1.165) is 73.6 Å². The van der Waals surface area contributed by atoms with Gasteiger partial charge >= 0.3 is 0 Å². The first kappa shape index (κ1) is 30.9. The normalized spacial score (nSPS) is 18.8. The second kappa shape index (κ2) is 13.7. The van der Waals surface area contributed by atoms with Crippen molar-refractivity contribution in [3.8, 4) is 11.5 Å². The third-order valence-electron chi connectivity index (χ3n) is 10.2. The number of aromatic hydroxyl groups is 2. The molecule has 0 spiro atoms. The number of hydrogen-bond donors (Lipinski definition) is 4. The van der Waals surface area contributed by atoms with E-state index in [0.29, 0.717) is 24.3 Å². The summed E-state index contributed by atoms with van der Waals surface area (Å²) in [5.74, 6) is 0.687. The molecule has 0 saturated heterocycles. The number of aliphatic hydroxyl groups is 2. The van der Waals surface area contributed by atoms with Crippen LogP contribution in [0.3, 0.4) is 0 Å². The number of aryl methyl sites for hydroxylation is 2. The number of benzene rings is 2. The Morgan fingerprint density at radius 3 is 1.40 bits per heavy atom. The van der Waals surface area contributed by atoms with E-state index in [1.54, 1.807) is 0 Å². The third-order valence-corrected chi connectivity index (χ3v) is 10.2. The van der Waals surface area contributed by atoms with Crippen LogP contribution in [0.1, 0.15) is 150 Å². The molecular formula is C36H54O4. The lowest BCUT2D eigenvalue weighted by Crippen LogP contribution is -2.26. The molecule has 4 heteroatoms. The molecule has 2 saturated carbocycles. The summed E-state index contributed by atoms with van der Waals surface area (Å²) in [6.45, 7) is 7.10. The molecule has 0 amide bonds. The molecule has 222 valence electrons. The van der Waals surface area contributed by atoms with Crippen LogP contribution in [-0.4, -0.2) is 33.6 Å². The predicted octanol–water partition coefficient (Wildman–Crippen LogP) is 8.32. The zero-order chi connectivity index (χ0) is 28.8. The van der Waals surface area contributed by atoms with Crippen LogP contribution < -0.4 is 0 Å². The van der Waals surface area contributed by atoms with Crippen LogP contribution in [0.2, 0.25) is 0 Å². The van der Waals surface area contributed by atoms with Gasteiger partial charge in [0.25, 0.3) is 0 Å². The van der Waals surface area contributed by atoms with Crippen molar-refractivity contribution in [2.24, 2.45) is 0 Å². The van der Waals surface area contributed by atoms with Gasteiger partial charge in [-0.2, -0.15) is 0 Å². The third kappa shape index (κ3) is 6.71. The lowest BCUT2D eigenvalue weighted by atomic mass is 9.68. The summed E-state index contributed by atoms with van der Waals surface area (Å²) in [5, 5.41) is 43.3. The number of hydrogen-bond acceptors (Lipinski definition) is 4. The highest BCUT2D eigenvalue weighted by Gasteiger charge is 2.36. The summed E-state index contributed by atoms with van der Waals surface area (Å²) in [4.78, 5) is 0. The van der Waals surface area contributed by atoms with Gasteiger partial charge in [-0.05, 0) is 79.7 Å². The van der Waals surface area contributed by atoms with Gasteiger partial charge in [-0.25, -0.2) is 0 Å². The highest BCUT2D eigenvalue weighted by atomic mass is 16.3. The van der Waals surface area contributed by atoms with Crippen molar-refractivity contribution in [3.05, 3.63) is 57.6 Å². The number of aliphatic hydroxyl groups excluding tert-OH is 2. The molecular weight excluding hydrogens is 496 g/mol. The van der Waals surface area contributed by atoms with Crippen molar-refractivity contribution in [2.45, 2.75) is 140 Å². The lowest BCUT2D eigenvalue weighted by molar-refractivity contribution is 0.288. The molecule has 4 rings (SSSR count). The van der Waals surface area contributed by atoms with E-state index in [-0.39, 0.29) is 30.0 Å². The van der Waals surface area contributed by atoms with Gasteiger partial charge in [0.05, 0.1) is 0 Å². The second-order valence-corrected chi connectivity index (χ2v) is 13.4. The molecule has 0 heterocycles. The van der Waals surface area contributed by atoms with Crippen molar-refractivity contribution in [3.63, 3.8) is 0 Å². The minimum atomic E-state index is -0.120. The van der Waals surface area contributed by atoms with Crippen LogP contribution in [0.25, 0.3) is 0 Å². The molecule has 0 bridgehead atoms. The van der Waals surface area contributed by atoms with Gasteiger partial charge in [-0.1, -0.05) is 90.0 Å². The SMILES string of the molecule is CCCC(c1cc(CCCO)cc(C2(C)CCCCC2)c1O)c1cc(CCCO)cc(C2(C)CCCCC2)c1O. The average Bonchev–Trinajstić information content (AvgIpc) is 2.95. The molecule has 40 heavy (non-hydrogen) atoms. The number of phenolic OH excluding ortho intramolecular Hbond substituents is 2. The summed E-state index contributed by atoms with van der Waals surface area (Å²) in [6.07, 6.45) is 16.2. The van der Waals surface area contributed by atoms with Gasteiger partial charge in [-0.3, -0.25) is 0 Å². The Kier molecular flexibility index (Phi) is 10.6. The smallest absolute Gasteiger partial charge is 0.123 e. The van der Waals surface area contributed by atoms with Crippen molar-refractivity contribution in [2.75, 3.05) is 13.2 Å². The summed E-state index contributed by atoms with van der Waals surface area (Å²) >= 11 is 0. The monoisotopic (exact) mass is 550 g/mol. The Bertz CT molecular complexity index is 1020. The number of rotatable bonds is 12. The van der Waals surface area contributed by atoms with E-state index < -0.39 is 0 Å². The van der Waals surface area contributed by atoms with Crippen LogP contribution in [-0.2, 0) is 23.7 Å². The maximum Gasteiger partial charge on any atom is 0.123 e.